The highest BCUT2D eigenvalue weighted by molar-refractivity contribution is 5.83. The Morgan fingerprint density at radius 2 is 2.27 bits per heavy atom. The van der Waals surface area contributed by atoms with Crippen LogP contribution in [0.25, 0.3) is 0 Å². The highest BCUT2D eigenvalue weighted by atomic mass is 16.5. The van der Waals surface area contributed by atoms with Crippen molar-refractivity contribution in [2.24, 2.45) is 5.92 Å². The average Bonchev–Trinajstić information content (AvgIpc) is 3.13. The number of carbonyl (C=O) groups is 2. The lowest BCUT2D eigenvalue weighted by atomic mass is 9.98. The van der Waals surface area contributed by atoms with Crippen LogP contribution in [0.1, 0.15) is 38.6 Å². The van der Waals surface area contributed by atoms with Crippen molar-refractivity contribution in [1.82, 2.24) is 14.5 Å². The molecular weight excluding hydrogens is 286 g/mol. The van der Waals surface area contributed by atoms with Crippen LogP contribution in [0.3, 0.4) is 0 Å². The van der Waals surface area contributed by atoms with E-state index in [-0.39, 0.29) is 18.4 Å². The summed E-state index contributed by atoms with van der Waals surface area (Å²) in [6.45, 7) is 5.35. The van der Waals surface area contributed by atoms with Gasteiger partial charge in [0.1, 0.15) is 18.5 Å². The summed E-state index contributed by atoms with van der Waals surface area (Å²) in [6.07, 6.45) is 4.49. The molecule has 1 aliphatic heterocycles. The number of hydrogen-bond acceptors (Lipinski definition) is 4. The summed E-state index contributed by atoms with van der Waals surface area (Å²) in [7, 11) is 0. The predicted octanol–water partition coefficient (Wildman–Crippen LogP) is 1.30. The molecule has 2 heterocycles. The third-order valence-corrected chi connectivity index (χ3v) is 3.88. The highest BCUT2D eigenvalue weighted by Gasteiger charge is 2.39. The minimum absolute atomic E-state index is 0.155. The monoisotopic (exact) mass is 309 g/mol. The highest BCUT2D eigenvalue weighted by Crippen LogP contribution is 2.35. The molecular formula is C15H23N3O4. The number of carbonyl (C=O) groups excluding carboxylic acids is 1. The topological polar surface area (TPSA) is 84.7 Å². The zero-order valence-electron chi connectivity index (χ0n) is 13.1. The van der Waals surface area contributed by atoms with Crippen LogP contribution in [0.2, 0.25) is 0 Å². The maximum absolute atomic E-state index is 12.7. The largest absolute Gasteiger partial charge is 0.480 e. The molecule has 122 valence electrons. The van der Waals surface area contributed by atoms with E-state index in [1.807, 2.05) is 24.6 Å². The van der Waals surface area contributed by atoms with E-state index in [0.717, 1.165) is 18.8 Å². The average molecular weight is 309 g/mol. The van der Waals surface area contributed by atoms with Crippen molar-refractivity contribution in [3.05, 3.63) is 18.2 Å². The first-order valence-electron chi connectivity index (χ1n) is 7.71. The molecule has 22 heavy (non-hydrogen) atoms. The van der Waals surface area contributed by atoms with Gasteiger partial charge in [-0.25, -0.2) is 4.98 Å². The molecule has 1 amide bonds. The summed E-state index contributed by atoms with van der Waals surface area (Å²) < 4.78 is 7.68. The van der Waals surface area contributed by atoms with Gasteiger partial charge in [0.05, 0.1) is 5.92 Å². The number of nitrogens with zero attached hydrogens (tertiary/aromatic N) is 3. The standard InChI is InChI=1S/C15H23N3O4/c1-3-7-18(10-12(19)20)15(21)11-5-9-22-13(11)14-16-6-8-17(14)4-2/h6,8,11,13H,3-5,7,9-10H2,1-2H3,(H,19,20)/t11-,13-/m1/s1. The smallest absolute Gasteiger partial charge is 0.323 e. The molecule has 0 radical (unpaired) electrons. The van der Waals surface area contributed by atoms with Gasteiger partial charge in [-0.1, -0.05) is 6.92 Å². The van der Waals surface area contributed by atoms with Gasteiger partial charge < -0.3 is 19.3 Å². The molecule has 7 heteroatoms. The molecule has 0 unspecified atom stereocenters. The molecule has 0 aromatic carbocycles. The van der Waals surface area contributed by atoms with Gasteiger partial charge in [0.25, 0.3) is 0 Å². The lowest BCUT2D eigenvalue weighted by Crippen LogP contribution is -2.41. The lowest BCUT2D eigenvalue weighted by Gasteiger charge is -2.26. The van der Waals surface area contributed by atoms with E-state index in [0.29, 0.717) is 19.6 Å². The quantitative estimate of drug-likeness (QED) is 0.820. The van der Waals surface area contributed by atoms with E-state index in [4.69, 9.17) is 9.84 Å². The number of rotatable bonds is 7. The maximum Gasteiger partial charge on any atom is 0.323 e. The van der Waals surface area contributed by atoms with E-state index in [9.17, 15) is 9.59 Å². The first kappa shape index (κ1) is 16.5. The number of hydrogen-bond donors (Lipinski definition) is 1. The minimum Gasteiger partial charge on any atom is -0.480 e. The lowest BCUT2D eigenvalue weighted by molar-refractivity contribution is -0.147. The first-order chi connectivity index (χ1) is 10.6. The summed E-state index contributed by atoms with van der Waals surface area (Å²) in [5, 5.41) is 8.99. The number of aryl methyl sites for hydroxylation is 1. The molecule has 2 rings (SSSR count). The number of imidazole rings is 1. The predicted molar refractivity (Wildman–Crippen MR) is 79.2 cm³/mol. The number of carboxylic acids is 1. The molecule has 1 N–H and O–H groups in total. The molecule has 2 atom stereocenters. The Morgan fingerprint density at radius 1 is 1.50 bits per heavy atom. The van der Waals surface area contributed by atoms with Gasteiger partial charge in [0.15, 0.2) is 0 Å². The van der Waals surface area contributed by atoms with E-state index in [1.54, 1.807) is 6.20 Å². The van der Waals surface area contributed by atoms with Gasteiger partial charge in [-0.15, -0.1) is 0 Å². The van der Waals surface area contributed by atoms with Crippen LogP contribution in [0.15, 0.2) is 12.4 Å². The summed E-state index contributed by atoms with van der Waals surface area (Å²) in [4.78, 5) is 29.4. The summed E-state index contributed by atoms with van der Waals surface area (Å²) in [6, 6.07) is 0. The zero-order chi connectivity index (χ0) is 16.1. The molecule has 0 aliphatic carbocycles. The van der Waals surface area contributed by atoms with Gasteiger partial charge >= 0.3 is 5.97 Å². The molecule has 1 fully saturated rings. The molecule has 0 spiro atoms. The van der Waals surface area contributed by atoms with Crippen molar-refractivity contribution in [2.75, 3.05) is 19.7 Å². The second-order valence-corrected chi connectivity index (χ2v) is 5.41. The molecule has 1 aromatic heterocycles. The van der Waals surface area contributed by atoms with Crippen LogP contribution in [-0.4, -0.2) is 51.1 Å². The number of ether oxygens (including phenoxy) is 1. The van der Waals surface area contributed by atoms with Gasteiger partial charge in [0, 0.05) is 32.1 Å². The molecule has 0 saturated carbocycles. The second-order valence-electron chi connectivity index (χ2n) is 5.41. The zero-order valence-corrected chi connectivity index (χ0v) is 13.1. The van der Waals surface area contributed by atoms with Gasteiger partial charge in [-0.2, -0.15) is 0 Å². The van der Waals surface area contributed by atoms with Crippen molar-refractivity contribution < 1.29 is 19.4 Å². The Balaban J connectivity index is 2.18. The fourth-order valence-corrected chi connectivity index (χ4v) is 2.88. The van der Waals surface area contributed by atoms with Crippen LogP contribution in [0.4, 0.5) is 0 Å². The fraction of sp³-hybridized carbons (Fsp3) is 0.667. The fourth-order valence-electron chi connectivity index (χ4n) is 2.88. The van der Waals surface area contributed by atoms with Gasteiger partial charge in [0.2, 0.25) is 5.91 Å². The van der Waals surface area contributed by atoms with Gasteiger partial charge in [-0.05, 0) is 19.8 Å². The Morgan fingerprint density at radius 3 is 2.91 bits per heavy atom. The van der Waals surface area contributed by atoms with E-state index >= 15 is 0 Å². The first-order valence-corrected chi connectivity index (χ1v) is 7.71. The molecule has 1 aromatic rings. The Labute approximate surface area is 129 Å². The summed E-state index contributed by atoms with van der Waals surface area (Å²) >= 11 is 0. The normalized spacial score (nSPS) is 21.0. The number of carboxylic acid groups (broad SMARTS) is 1. The molecule has 1 aliphatic rings. The van der Waals surface area contributed by atoms with Crippen LogP contribution in [-0.2, 0) is 20.9 Å². The SMILES string of the molecule is CCCN(CC(=O)O)C(=O)[C@@H]1CCO[C@H]1c1nccn1CC. The minimum atomic E-state index is -0.993. The van der Waals surface area contributed by atoms with Crippen LogP contribution < -0.4 is 0 Å². The van der Waals surface area contributed by atoms with Crippen LogP contribution in [0, 0.1) is 5.92 Å². The third kappa shape index (κ3) is 3.47. The molecule has 7 nitrogen and oxygen atoms in total. The number of aromatic nitrogens is 2. The summed E-state index contributed by atoms with van der Waals surface area (Å²) in [5.74, 6) is -0.770. The molecule has 0 bridgehead atoms. The van der Waals surface area contributed by atoms with Crippen LogP contribution in [0.5, 0.6) is 0 Å². The molecule has 1 saturated heterocycles. The van der Waals surface area contributed by atoms with Gasteiger partial charge in [-0.3, -0.25) is 9.59 Å². The van der Waals surface area contributed by atoms with Crippen LogP contribution >= 0.6 is 0 Å². The maximum atomic E-state index is 12.7. The third-order valence-electron chi connectivity index (χ3n) is 3.88. The van der Waals surface area contributed by atoms with E-state index in [2.05, 4.69) is 4.98 Å². The summed E-state index contributed by atoms with van der Waals surface area (Å²) in [5.41, 5.74) is 0. The van der Waals surface area contributed by atoms with Crippen molar-refractivity contribution in [2.45, 2.75) is 39.3 Å². The van der Waals surface area contributed by atoms with Crippen molar-refractivity contribution in [1.29, 1.82) is 0 Å². The number of amides is 1. The Hall–Kier alpha value is -1.89. The number of aliphatic carboxylic acids is 1. The van der Waals surface area contributed by atoms with Crippen molar-refractivity contribution in [3.8, 4) is 0 Å². The second kappa shape index (κ2) is 7.40. The Bertz CT molecular complexity index is 529. The van der Waals surface area contributed by atoms with E-state index in [1.165, 1.54) is 4.90 Å². The van der Waals surface area contributed by atoms with E-state index < -0.39 is 12.1 Å². The van der Waals surface area contributed by atoms with Crippen molar-refractivity contribution >= 4 is 11.9 Å². The Kier molecular flexibility index (Phi) is 5.54. The van der Waals surface area contributed by atoms with Crippen molar-refractivity contribution in [3.63, 3.8) is 0 Å².